The fourth-order valence-corrected chi connectivity index (χ4v) is 5.31. The number of rotatable bonds is 7. The Hall–Kier alpha value is -3.93. The lowest BCUT2D eigenvalue weighted by molar-refractivity contribution is 0.0661. The Morgan fingerprint density at radius 1 is 0.944 bits per heavy atom. The molecule has 0 spiro atoms. The molecular formula is C30H32N2O4. The Kier molecular flexibility index (Phi) is 6.59. The van der Waals surface area contributed by atoms with E-state index in [1.54, 1.807) is 21.3 Å². The van der Waals surface area contributed by atoms with Crippen molar-refractivity contribution >= 4 is 16.8 Å². The van der Waals surface area contributed by atoms with E-state index < -0.39 is 0 Å². The first kappa shape index (κ1) is 23.8. The van der Waals surface area contributed by atoms with E-state index in [0.717, 1.165) is 46.3 Å². The van der Waals surface area contributed by atoms with Crippen LogP contribution < -0.4 is 14.2 Å². The second-order valence-electron chi connectivity index (χ2n) is 9.07. The van der Waals surface area contributed by atoms with E-state index in [1.807, 2.05) is 47.5 Å². The van der Waals surface area contributed by atoms with Gasteiger partial charge in [-0.2, -0.15) is 0 Å². The molecule has 1 aliphatic heterocycles. The third-order valence-electron chi connectivity index (χ3n) is 7.21. The van der Waals surface area contributed by atoms with Crippen molar-refractivity contribution < 1.29 is 19.0 Å². The van der Waals surface area contributed by atoms with E-state index >= 15 is 0 Å². The van der Waals surface area contributed by atoms with Gasteiger partial charge in [0.1, 0.15) is 5.75 Å². The molecule has 0 aliphatic carbocycles. The maximum absolute atomic E-state index is 14.2. The summed E-state index contributed by atoms with van der Waals surface area (Å²) in [5.74, 6) is 2.25. The van der Waals surface area contributed by atoms with Gasteiger partial charge in [0.05, 0.1) is 32.9 Å². The number of carbonyl (C=O) groups excluding carboxylic acids is 1. The number of fused-ring (bicyclic) bond motifs is 2. The quantitative estimate of drug-likeness (QED) is 0.339. The minimum atomic E-state index is -0.141. The molecule has 4 aromatic rings. The van der Waals surface area contributed by atoms with Crippen molar-refractivity contribution in [1.82, 2.24) is 9.47 Å². The van der Waals surface area contributed by atoms with Crippen molar-refractivity contribution in [2.75, 3.05) is 27.9 Å². The summed E-state index contributed by atoms with van der Waals surface area (Å²) < 4.78 is 18.7. The zero-order valence-electron chi connectivity index (χ0n) is 21.3. The second kappa shape index (κ2) is 9.97. The summed E-state index contributed by atoms with van der Waals surface area (Å²) in [7, 11) is 4.97. The number of amides is 1. The molecule has 0 N–H and O–H groups in total. The number of methoxy groups -OCH3 is 3. The van der Waals surface area contributed by atoms with Gasteiger partial charge in [-0.25, -0.2) is 0 Å². The smallest absolute Gasteiger partial charge is 0.256 e. The zero-order valence-corrected chi connectivity index (χ0v) is 21.3. The zero-order chi connectivity index (χ0) is 25.2. The number of hydrogen-bond donors (Lipinski definition) is 0. The van der Waals surface area contributed by atoms with E-state index in [4.69, 9.17) is 14.2 Å². The summed E-state index contributed by atoms with van der Waals surface area (Å²) >= 11 is 0. The highest BCUT2D eigenvalue weighted by molar-refractivity contribution is 6.07. The molecule has 36 heavy (non-hydrogen) atoms. The first-order valence-corrected chi connectivity index (χ1v) is 12.3. The molecule has 0 saturated heterocycles. The average molecular weight is 485 g/mol. The molecule has 6 heteroatoms. The third-order valence-corrected chi connectivity index (χ3v) is 7.21. The van der Waals surface area contributed by atoms with Crippen LogP contribution in [-0.2, 0) is 19.4 Å². The number of hydrogen-bond acceptors (Lipinski definition) is 4. The molecule has 0 radical (unpaired) electrons. The third kappa shape index (κ3) is 4.17. The van der Waals surface area contributed by atoms with Crippen LogP contribution in [0.4, 0.5) is 0 Å². The molecule has 1 amide bonds. The second-order valence-corrected chi connectivity index (χ2v) is 9.07. The topological polar surface area (TPSA) is 52.9 Å². The van der Waals surface area contributed by atoms with Gasteiger partial charge < -0.3 is 23.7 Å². The minimum Gasteiger partial charge on any atom is -0.497 e. The van der Waals surface area contributed by atoms with E-state index in [2.05, 4.69) is 35.8 Å². The first-order chi connectivity index (χ1) is 17.6. The van der Waals surface area contributed by atoms with Crippen LogP contribution in [-0.4, -0.2) is 43.2 Å². The van der Waals surface area contributed by atoms with Gasteiger partial charge >= 0.3 is 0 Å². The minimum absolute atomic E-state index is 0.0531. The fourth-order valence-electron chi connectivity index (χ4n) is 5.31. The summed E-state index contributed by atoms with van der Waals surface area (Å²) in [5.41, 5.74) is 5.25. The predicted octanol–water partition coefficient (Wildman–Crippen LogP) is 5.67. The maximum Gasteiger partial charge on any atom is 0.256 e. The number of aryl methyl sites for hydroxylation is 1. The Morgan fingerprint density at radius 3 is 2.36 bits per heavy atom. The van der Waals surface area contributed by atoms with Crippen LogP contribution in [0.1, 0.15) is 40.0 Å². The highest BCUT2D eigenvalue weighted by atomic mass is 16.5. The number of carbonyl (C=O) groups is 1. The molecule has 1 atom stereocenters. The first-order valence-electron chi connectivity index (χ1n) is 12.3. The molecule has 1 unspecified atom stereocenters. The van der Waals surface area contributed by atoms with E-state index in [-0.39, 0.29) is 11.9 Å². The van der Waals surface area contributed by atoms with Crippen LogP contribution in [0, 0.1) is 0 Å². The van der Waals surface area contributed by atoms with E-state index in [1.165, 1.54) is 5.56 Å². The number of benzene rings is 3. The van der Waals surface area contributed by atoms with Crippen molar-refractivity contribution in [3.63, 3.8) is 0 Å². The highest BCUT2D eigenvalue weighted by Crippen LogP contribution is 2.40. The molecule has 2 heterocycles. The lowest BCUT2D eigenvalue weighted by Crippen LogP contribution is -2.41. The molecule has 3 aromatic carbocycles. The molecule has 6 nitrogen and oxygen atoms in total. The van der Waals surface area contributed by atoms with Crippen molar-refractivity contribution in [3.8, 4) is 17.2 Å². The number of aromatic nitrogens is 1. The van der Waals surface area contributed by atoms with Crippen LogP contribution >= 0.6 is 0 Å². The normalized spacial score (nSPS) is 15.0. The van der Waals surface area contributed by atoms with Gasteiger partial charge in [-0.3, -0.25) is 4.79 Å². The summed E-state index contributed by atoms with van der Waals surface area (Å²) in [5, 5.41) is 0.991. The molecule has 1 aliphatic rings. The Labute approximate surface area is 212 Å². The van der Waals surface area contributed by atoms with Gasteiger partial charge in [0.2, 0.25) is 0 Å². The van der Waals surface area contributed by atoms with Crippen LogP contribution in [0.2, 0.25) is 0 Å². The van der Waals surface area contributed by atoms with Gasteiger partial charge in [-0.05, 0) is 66.8 Å². The summed E-state index contributed by atoms with van der Waals surface area (Å²) in [4.78, 5) is 16.2. The Morgan fingerprint density at radius 2 is 1.67 bits per heavy atom. The lowest BCUT2D eigenvalue weighted by atomic mass is 9.87. The number of para-hydroxylation sites is 1. The molecule has 186 valence electrons. The number of ether oxygens (including phenoxy) is 3. The molecular weight excluding hydrogens is 452 g/mol. The van der Waals surface area contributed by atoms with Crippen molar-refractivity contribution in [1.29, 1.82) is 0 Å². The van der Waals surface area contributed by atoms with Gasteiger partial charge in [0.15, 0.2) is 11.5 Å². The van der Waals surface area contributed by atoms with Crippen molar-refractivity contribution in [3.05, 3.63) is 89.1 Å². The largest absolute Gasteiger partial charge is 0.497 e. The predicted molar refractivity (Wildman–Crippen MR) is 141 cm³/mol. The van der Waals surface area contributed by atoms with Crippen LogP contribution in [0.25, 0.3) is 10.9 Å². The van der Waals surface area contributed by atoms with Crippen LogP contribution in [0.15, 0.2) is 66.9 Å². The molecule has 0 saturated carbocycles. The van der Waals surface area contributed by atoms with Gasteiger partial charge in [-0.15, -0.1) is 0 Å². The Balaban J connectivity index is 1.60. The average Bonchev–Trinajstić information content (AvgIpc) is 3.31. The van der Waals surface area contributed by atoms with Crippen LogP contribution in [0.5, 0.6) is 17.2 Å². The Bertz CT molecular complexity index is 1390. The molecule has 1 aromatic heterocycles. The molecule has 5 rings (SSSR count). The van der Waals surface area contributed by atoms with Gasteiger partial charge in [-0.1, -0.05) is 30.3 Å². The van der Waals surface area contributed by atoms with Crippen LogP contribution in [0.3, 0.4) is 0 Å². The van der Waals surface area contributed by atoms with Crippen molar-refractivity contribution in [2.24, 2.45) is 0 Å². The summed E-state index contributed by atoms with van der Waals surface area (Å²) in [6, 6.07) is 20.2. The molecule has 0 bridgehead atoms. The van der Waals surface area contributed by atoms with Gasteiger partial charge in [0.25, 0.3) is 5.91 Å². The SMILES string of the molecule is CCn1cc(C(=O)N2CCc3cc(OC)c(OC)cc3C2Cc2ccc(OC)cc2)c2ccccc21. The summed E-state index contributed by atoms with van der Waals surface area (Å²) in [6.07, 6.45) is 3.44. The maximum atomic E-state index is 14.2. The number of nitrogens with zero attached hydrogens (tertiary/aromatic N) is 2. The lowest BCUT2D eigenvalue weighted by Gasteiger charge is -2.38. The van der Waals surface area contributed by atoms with Gasteiger partial charge in [0, 0.05) is 30.2 Å². The highest BCUT2D eigenvalue weighted by Gasteiger charge is 2.34. The standard InChI is InChI=1S/C30H32N2O4/c1-5-31-19-25(23-8-6-7-9-26(23)31)30(33)32-15-14-21-17-28(35-3)29(36-4)18-24(21)27(32)16-20-10-12-22(34-2)13-11-20/h6-13,17-19,27H,5,14-16H2,1-4H3. The van der Waals surface area contributed by atoms with E-state index in [0.29, 0.717) is 24.5 Å². The monoisotopic (exact) mass is 484 g/mol. The molecule has 0 fully saturated rings. The van der Waals surface area contributed by atoms with Crippen molar-refractivity contribution in [2.45, 2.75) is 32.4 Å². The fraction of sp³-hybridized carbons (Fsp3) is 0.300. The van der Waals surface area contributed by atoms with E-state index in [9.17, 15) is 4.79 Å². The summed E-state index contributed by atoms with van der Waals surface area (Å²) in [6.45, 7) is 3.54.